The van der Waals surface area contributed by atoms with Crippen molar-refractivity contribution in [3.63, 3.8) is 0 Å². The Bertz CT molecular complexity index is 185. The van der Waals surface area contributed by atoms with Crippen LogP contribution in [0.15, 0.2) is 0 Å². The monoisotopic (exact) mass is 187 g/mol. The van der Waals surface area contributed by atoms with Crippen molar-refractivity contribution >= 4 is 5.97 Å². The highest BCUT2D eigenvalue weighted by molar-refractivity contribution is 5.78. The molecule has 0 unspecified atom stereocenters. The fraction of sp³-hybridized carbons (Fsp3) is 0.889. The molecule has 4 nitrogen and oxygen atoms in total. The van der Waals surface area contributed by atoms with Gasteiger partial charge in [-0.15, -0.1) is 0 Å². The molecule has 1 aliphatic carbocycles. The minimum atomic E-state index is -1.01. The van der Waals surface area contributed by atoms with Gasteiger partial charge in [-0.25, -0.2) is 0 Å². The van der Waals surface area contributed by atoms with Gasteiger partial charge in [0, 0.05) is 6.61 Å². The second-order valence-corrected chi connectivity index (χ2v) is 3.62. The molecule has 3 N–H and O–H groups in total. The average molecular weight is 187 g/mol. The molecule has 0 bridgehead atoms. The summed E-state index contributed by atoms with van der Waals surface area (Å²) in [4.78, 5) is 10.8. The Labute approximate surface area is 78.1 Å². The second kappa shape index (κ2) is 4.07. The third-order valence-corrected chi connectivity index (χ3v) is 2.65. The van der Waals surface area contributed by atoms with Gasteiger partial charge in [0.15, 0.2) is 0 Å². The minimum Gasteiger partial charge on any atom is -0.480 e. The number of carboxylic acids is 1. The fourth-order valence-corrected chi connectivity index (χ4v) is 1.72. The van der Waals surface area contributed by atoms with E-state index in [4.69, 9.17) is 15.6 Å². The molecule has 0 aromatic heterocycles. The molecule has 1 fully saturated rings. The van der Waals surface area contributed by atoms with Crippen molar-refractivity contribution in [2.45, 2.75) is 44.2 Å². The van der Waals surface area contributed by atoms with Crippen LogP contribution in [-0.4, -0.2) is 29.3 Å². The van der Waals surface area contributed by atoms with Gasteiger partial charge in [-0.3, -0.25) is 4.79 Å². The number of ether oxygens (including phenoxy) is 1. The van der Waals surface area contributed by atoms with E-state index in [2.05, 4.69) is 0 Å². The van der Waals surface area contributed by atoms with Gasteiger partial charge in [0.05, 0.1) is 6.10 Å². The molecule has 0 saturated heterocycles. The van der Waals surface area contributed by atoms with Crippen LogP contribution in [-0.2, 0) is 9.53 Å². The van der Waals surface area contributed by atoms with Gasteiger partial charge in [0.1, 0.15) is 5.54 Å². The fourth-order valence-electron chi connectivity index (χ4n) is 1.72. The van der Waals surface area contributed by atoms with E-state index in [1.54, 1.807) is 0 Å². The SMILES string of the molecule is CCO[C@H]1CC[C@](N)(C(=O)O)CC1. The van der Waals surface area contributed by atoms with Crippen LogP contribution >= 0.6 is 0 Å². The maximum absolute atomic E-state index is 10.8. The molecule has 0 atom stereocenters. The highest BCUT2D eigenvalue weighted by Gasteiger charge is 2.38. The van der Waals surface area contributed by atoms with Crippen LogP contribution < -0.4 is 5.73 Å². The normalized spacial score (nSPS) is 34.5. The van der Waals surface area contributed by atoms with Crippen LogP contribution in [0.4, 0.5) is 0 Å². The van der Waals surface area contributed by atoms with Crippen molar-refractivity contribution in [1.29, 1.82) is 0 Å². The molecule has 13 heavy (non-hydrogen) atoms. The maximum Gasteiger partial charge on any atom is 0.323 e. The van der Waals surface area contributed by atoms with Crippen LogP contribution in [0, 0.1) is 0 Å². The molecule has 1 rings (SSSR count). The van der Waals surface area contributed by atoms with Gasteiger partial charge in [-0.2, -0.15) is 0 Å². The van der Waals surface area contributed by atoms with E-state index in [1.165, 1.54) is 0 Å². The number of rotatable bonds is 3. The largest absolute Gasteiger partial charge is 0.480 e. The Kier molecular flexibility index (Phi) is 3.27. The highest BCUT2D eigenvalue weighted by atomic mass is 16.5. The highest BCUT2D eigenvalue weighted by Crippen LogP contribution is 2.28. The Balaban J connectivity index is 2.42. The summed E-state index contributed by atoms with van der Waals surface area (Å²) in [5, 5.41) is 8.85. The first-order valence-corrected chi connectivity index (χ1v) is 4.72. The number of hydrogen-bond donors (Lipinski definition) is 2. The van der Waals surface area contributed by atoms with E-state index in [0.29, 0.717) is 19.4 Å². The van der Waals surface area contributed by atoms with Gasteiger partial charge in [0.25, 0.3) is 0 Å². The second-order valence-electron chi connectivity index (χ2n) is 3.62. The van der Waals surface area contributed by atoms with Crippen LogP contribution in [0.3, 0.4) is 0 Å². The van der Waals surface area contributed by atoms with Crippen molar-refractivity contribution in [3.8, 4) is 0 Å². The number of nitrogens with two attached hydrogens (primary N) is 1. The Hall–Kier alpha value is -0.610. The molecule has 1 aliphatic rings. The molecule has 0 aromatic rings. The molecule has 0 radical (unpaired) electrons. The molecule has 0 amide bonds. The number of hydrogen-bond acceptors (Lipinski definition) is 3. The average Bonchev–Trinajstić information content (AvgIpc) is 2.09. The lowest BCUT2D eigenvalue weighted by Gasteiger charge is -2.33. The van der Waals surface area contributed by atoms with E-state index in [1.807, 2.05) is 6.92 Å². The molecule has 76 valence electrons. The standard InChI is InChI=1S/C9H17NO3/c1-2-13-7-3-5-9(10,6-4-7)8(11)12/h7H,2-6,10H2,1H3,(H,11,12)/t7-,9+. The lowest BCUT2D eigenvalue weighted by atomic mass is 9.81. The zero-order valence-electron chi connectivity index (χ0n) is 7.95. The molecular formula is C9H17NO3. The summed E-state index contributed by atoms with van der Waals surface area (Å²) in [6, 6.07) is 0. The maximum atomic E-state index is 10.8. The van der Waals surface area contributed by atoms with Crippen LogP contribution in [0.25, 0.3) is 0 Å². The summed E-state index contributed by atoms with van der Waals surface area (Å²) in [5.41, 5.74) is 4.70. The van der Waals surface area contributed by atoms with Gasteiger partial charge >= 0.3 is 5.97 Å². The summed E-state index contributed by atoms with van der Waals surface area (Å²) in [6.45, 7) is 2.64. The third kappa shape index (κ3) is 2.42. The number of carbonyl (C=O) groups is 1. The lowest BCUT2D eigenvalue weighted by Crippen LogP contribution is -2.51. The van der Waals surface area contributed by atoms with Crippen LogP contribution in [0.1, 0.15) is 32.6 Å². The molecule has 0 heterocycles. The van der Waals surface area contributed by atoms with Crippen molar-refractivity contribution < 1.29 is 14.6 Å². The lowest BCUT2D eigenvalue weighted by molar-refractivity contribution is -0.145. The van der Waals surface area contributed by atoms with E-state index < -0.39 is 11.5 Å². The Morgan fingerprint density at radius 1 is 1.62 bits per heavy atom. The third-order valence-electron chi connectivity index (χ3n) is 2.65. The summed E-state index contributed by atoms with van der Waals surface area (Å²) in [6.07, 6.45) is 2.77. The Morgan fingerprint density at radius 2 is 2.15 bits per heavy atom. The first-order chi connectivity index (χ1) is 6.08. The van der Waals surface area contributed by atoms with Gasteiger partial charge in [-0.1, -0.05) is 0 Å². The number of carboxylic acid groups (broad SMARTS) is 1. The van der Waals surface area contributed by atoms with Crippen LogP contribution in [0.5, 0.6) is 0 Å². The first kappa shape index (κ1) is 10.5. The predicted molar refractivity (Wildman–Crippen MR) is 48.4 cm³/mol. The molecule has 0 aliphatic heterocycles. The smallest absolute Gasteiger partial charge is 0.323 e. The van der Waals surface area contributed by atoms with Gasteiger partial charge in [-0.05, 0) is 32.6 Å². The summed E-state index contributed by atoms with van der Waals surface area (Å²) >= 11 is 0. The molecule has 4 heteroatoms. The van der Waals surface area contributed by atoms with Crippen molar-refractivity contribution in [2.75, 3.05) is 6.61 Å². The predicted octanol–water partition coefficient (Wildman–Crippen LogP) is 0.748. The molecular weight excluding hydrogens is 170 g/mol. The van der Waals surface area contributed by atoms with Crippen molar-refractivity contribution in [1.82, 2.24) is 0 Å². The summed E-state index contributed by atoms with van der Waals surface area (Å²) in [7, 11) is 0. The molecule has 1 saturated carbocycles. The van der Waals surface area contributed by atoms with E-state index in [0.717, 1.165) is 12.8 Å². The zero-order chi connectivity index (χ0) is 9.90. The summed E-state index contributed by atoms with van der Waals surface area (Å²) in [5.74, 6) is -0.887. The first-order valence-electron chi connectivity index (χ1n) is 4.72. The van der Waals surface area contributed by atoms with Gasteiger partial charge in [0.2, 0.25) is 0 Å². The quantitative estimate of drug-likeness (QED) is 0.683. The van der Waals surface area contributed by atoms with Gasteiger partial charge < -0.3 is 15.6 Å². The minimum absolute atomic E-state index is 0.209. The van der Waals surface area contributed by atoms with E-state index >= 15 is 0 Å². The molecule has 0 aromatic carbocycles. The van der Waals surface area contributed by atoms with Crippen molar-refractivity contribution in [3.05, 3.63) is 0 Å². The molecule has 0 spiro atoms. The topological polar surface area (TPSA) is 72.5 Å². The summed E-state index contributed by atoms with van der Waals surface area (Å²) < 4.78 is 5.41. The number of aliphatic carboxylic acids is 1. The Morgan fingerprint density at radius 3 is 2.54 bits per heavy atom. The van der Waals surface area contributed by atoms with Crippen molar-refractivity contribution in [2.24, 2.45) is 5.73 Å². The van der Waals surface area contributed by atoms with E-state index in [9.17, 15) is 4.79 Å². The van der Waals surface area contributed by atoms with Crippen LogP contribution in [0.2, 0.25) is 0 Å². The van der Waals surface area contributed by atoms with E-state index in [-0.39, 0.29) is 6.10 Å². The zero-order valence-corrected chi connectivity index (χ0v) is 7.95.